The summed E-state index contributed by atoms with van der Waals surface area (Å²) in [5, 5.41) is 2.41. The second-order valence-corrected chi connectivity index (χ2v) is 5.00. The zero-order valence-corrected chi connectivity index (χ0v) is 11.1. The molecule has 0 bridgehead atoms. The molecule has 0 spiro atoms. The number of hydrogen-bond donors (Lipinski definition) is 1. The van der Waals surface area contributed by atoms with Crippen molar-refractivity contribution >= 4 is 10.8 Å². The molecule has 2 nitrogen and oxygen atoms in total. The molecule has 2 aromatic carbocycles. The highest BCUT2D eigenvalue weighted by molar-refractivity contribution is 5.87. The smallest absolute Gasteiger partial charge is 0.124 e. The van der Waals surface area contributed by atoms with Crippen LogP contribution in [0, 0.1) is 5.92 Å². The molecule has 0 atom stereocenters. The van der Waals surface area contributed by atoms with Crippen molar-refractivity contribution in [1.82, 2.24) is 0 Å². The summed E-state index contributed by atoms with van der Waals surface area (Å²) in [6, 6.07) is 12.4. The summed E-state index contributed by atoms with van der Waals surface area (Å²) < 4.78 is 5.87. The second-order valence-electron chi connectivity index (χ2n) is 5.00. The van der Waals surface area contributed by atoms with Crippen molar-refractivity contribution < 1.29 is 4.74 Å². The van der Waals surface area contributed by atoms with Crippen LogP contribution in [0.5, 0.6) is 5.75 Å². The Bertz CT molecular complexity index is 519. The molecule has 0 saturated carbocycles. The third-order valence-corrected chi connectivity index (χ3v) is 3.15. The zero-order valence-electron chi connectivity index (χ0n) is 11.1. The van der Waals surface area contributed by atoms with Crippen LogP contribution < -0.4 is 10.5 Å². The van der Waals surface area contributed by atoms with E-state index in [4.69, 9.17) is 10.5 Å². The topological polar surface area (TPSA) is 35.2 Å². The molecule has 0 unspecified atom stereocenters. The monoisotopic (exact) mass is 243 g/mol. The van der Waals surface area contributed by atoms with E-state index in [0.29, 0.717) is 12.5 Å². The minimum Gasteiger partial charge on any atom is -0.493 e. The predicted octanol–water partition coefficient (Wildman–Crippen LogP) is 3.72. The molecular weight excluding hydrogens is 222 g/mol. The van der Waals surface area contributed by atoms with Gasteiger partial charge in [0.25, 0.3) is 0 Å². The molecule has 2 rings (SSSR count). The van der Waals surface area contributed by atoms with Crippen molar-refractivity contribution in [2.75, 3.05) is 6.61 Å². The van der Waals surface area contributed by atoms with Crippen LogP contribution in [0.15, 0.2) is 36.4 Å². The van der Waals surface area contributed by atoms with E-state index in [1.165, 1.54) is 10.8 Å². The second kappa shape index (κ2) is 5.87. The van der Waals surface area contributed by atoms with E-state index in [1.807, 2.05) is 18.2 Å². The van der Waals surface area contributed by atoms with Crippen molar-refractivity contribution in [3.63, 3.8) is 0 Å². The van der Waals surface area contributed by atoms with E-state index >= 15 is 0 Å². The molecule has 18 heavy (non-hydrogen) atoms. The summed E-state index contributed by atoms with van der Waals surface area (Å²) in [4.78, 5) is 0. The summed E-state index contributed by atoms with van der Waals surface area (Å²) >= 11 is 0. The van der Waals surface area contributed by atoms with Gasteiger partial charge in [-0.15, -0.1) is 0 Å². The van der Waals surface area contributed by atoms with E-state index in [-0.39, 0.29) is 0 Å². The largest absolute Gasteiger partial charge is 0.493 e. The lowest BCUT2D eigenvalue weighted by Crippen LogP contribution is -2.06. The molecule has 2 aromatic rings. The number of ether oxygens (including phenoxy) is 1. The Hall–Kier alpha value is -1.54. The van der Waals surface area contributed by atoms with Gasteiger partial charge in [-0.2, -0.15) is 0 Å². The maximum Gasteiger partial charge on any atom is 0.124 e. The van der Waals surface area contributed by atoms with Crippen LogP contribution in [0.3, 0.4) is 0 Å². The number of fused-ring (bicyclic) bond motifs is 1. The average Bonchev–Trinajstić information content (AvgIpc) is 2.38. The lowest BCUT2D eigenvalue weighted by Gasteiger charge is -2.13. The summed E-state index contributed by atoms with van der Waals surface area (Å²) in [7, 11) is 0. The molecule has 0 saturated heterocycles. The molecular formula is C16H21NO. The van der Waals surface area contributed by atoms with Gasteiger partial charge in [-0.05, 0) is 29.2 Å². The summed E-state index contributed by atoms with van der Waals surface area (Å²) in [5.74, 6) is 1.59. The Kier molecular flexibility index (Phi) is 4.21. The highest BCUT2D eigenvalue weighted by atomic mass is 16.5. The highest BCUT2D eigenvalue weighted by Crippen LogP contribution is 2.27. The number of rotatable bonds is 5. The van der Waals surface area contributed by atoms with Gasteiger partial charge >= 0.3 is 0 Å². The van der Waals surface area contributed by atoms with Gasteiger partial charge in [-0.25, -0.2) is 0 Å². The van der Waals surface area contributed by atoms with Crippen molar-refractivity contribution in [2.24, 2.45) is 11.7 Å². The average molecular weight is 243 g/mol. The molecule has 0 aromatic heterocycles. The summed E-state index contributed by atoms with van der Waals surface area (Å²) in [5.41, 5.74) is 6.98. The molecule has 0 amide bonds. The summed E-state index contributed by atoms with van der Waals surface area (Å²) in [6.45, 7) is 5.67. The number of benzene rings is 2. The van der Waals surface area contributed by atoms with Gasteiger partial charge in [0.1, 0.15) is 5.75 Å². The van der Waals surface area contributed by atoms with E-state index in [9.17, 15) is 0 Å². The fourth-order valence-electron chi connectivity index (χ4n) is 2.07. The van der Waals surface area contributed by atoms with Crippen LogP contribution in [0.1, 0.15) is 25.8 Å². The maximum absolute atomic E-state index is 5.87. The number of nitrogens with two attached hydrogens (primary N) is 1. The normalized spacial score (nSPS) is 11.1. The van der Waals surface area contributed by atoms with Crippen molar-refractivity contribution in [3.8, 4) is 5.75 Å². The lowest BCUT2D eigenvalue weighted by molar-refractivity contribution is 0.287. The van der Waals surface area contributed by atoms with E-state index in [1.54, 1.807) is 0 Å². The third kappa shape index (κ3) is 2.82. The molecule has 0 aliphatic rings. The van der Waals surface area contributed by atoms with Gasteiger partial charge in [0.2, 0.25) is 0 Å². The third-order valence-electron chi connectivity index (χ3n) is 3.15. The number of hydrogen-bond acceptors (Lipinski definition) is 2. The van der Waals surface area contributed by atoms with Crippen LogP contribution >= 0.6 is 0 Å². The van der Waals surface area contributed by atoms with Crippen LogP contribution in [-0.4, -0.2) is 6.61 Å². The van der Waals surface area contributed by atoms with Crippen LogP contribution in [0.2, 0.25) is 0 Å². The Labute approximate surface area is 109 Å². The molecule has 0 heterocycles. The fraction of sp³-hybridized carbons (Fsp3) is 0.375. The Morgan fingerprint density at radius 1 is 1.11 bits per heavy atom. The van der Waals surface area contributed by atoms with E-state index in [2.05, 4.69) is 32.0 Å². The Morgan fingerprint density at radius 3 is 2.61 bits per heavy atom. The van der Waals surface area contributed by atoms with Crippen molar-refractivity contribution in [2.45, 2.75) is 26.8 Å². The molecule has 0 aliphatic carbocycles. The van der Waals surface area contributed by atoms with E-state index in [0.717, 1.165) is 24.3 Å². The van der Waals surface area contributed by atoms with Gasteiger partial charge in [0.15, 0.2) is 0 Å². The van der Waals surface area contributed by atoms with Crippen molar-refractivity contribution in [1.29, 1.82) is 0 Å². The minimum absolute atomic E-state index is 0.512. The fourth-order valence-corrected chi connectivity index (χ4v) is 2.07. The molecule has 0 radical (unpaired) electrons. The first kappa shape index (κ1) is 12.9. The van der Waals surface area contributed by atoms with Crippen molar-refractivity contribution in [3.05, 3.63) is 42.0 Å². The lowest BCUT2D eigenvalue weighted by atomic mass is 10.0. The Balaban J connectivity index is 2.27. The van der Waals surface area contributed by atoms with Gasteiger partial charge < -0.3 is 10.5 Å². The maximum atomic E-state index is 5.87. The van der Waals surface area contributed by atoms with E-state index < -0.39 is 0 Å². The zero-order chi connectivity index (χ0) is 13.0. The molecule has 0 aliphatic heterocycles. The first-order valence-electron chi connectivity index (χ1n) is 6.56. The van der Waals surface area contributed by atoms with Gasteiger partial charge in [-0.3, -0.25) is 0 Å². The standard InChI is InChI=1S/C16H21NO/c1-12(2)9-10-18-16-8-7-13-5-3-4-6-14(13)15(16)11-17/h3-8,12H,9-11,17H2,1-2H3. The van der Waals surface area contributed by atoms with Gasteiger partial charge in [0.05, 0.1) is 6.61 Å². The molecule has 96 valence electrons. The summed E-state index contributed by atoms with van der Waals surface area (Å²) in [6.07, 6.45) is 1.07. The first-order chi connectivity index (χ1) is 8.72. The quantitative estimate of drug-likeness (QED) is 0.868. The predicted molar refractivity (Wildman–Crippen MR) is 76.8 cm³/mol. The first-order valence-corrected chi connectivity index (χ1v) is 6.56. The van der Waals surface area contributed by atoms with Gasteiger partial charge in [0, 0.05) is 12.1 Å². The molecule has 2 N–H and O–H groups in total. The minimum atomic E-state index is 0.512. The van der Waals surface area contributed by atoms with Gasteiger partial charge in [-0.1, -0.05) is 44.2 Å². The van der Waals surface area contributed by atoms with Crippen LogP contribution in [0.4, 0.5) is 0 Å². The SMILES string of the molecule is CC(C)CCOc1ccc2ccccc2c1CN. The van der Waals surface area contributed by atoms with Crippen LogP contribution in [0.25, 0.3) is 10.8 Å². The van der Waals surface area contributed by atoms with Crippen LogP contribution in [-0.2, 0) is 6.54 Å². The molecule has 0 fully saturated rings. The Morgan fingerprint density at radius 2 is 1.89 bits per heavy atom. The molecule has 2 heteroatoms. The highest BCUT2D eigenvalue weighted by Gasteiger charge is 2.07.